The number of halogens is 1. The largest absolute Gasteiger partial charge is 0.495 e. The standard InChI is InChI=1S/C16H23ClN2O/c1-12-9-15(16(20-2)10-14(12)17)19-8-4-7-18-6-3-5-13(18)11-19/h9-10,13H,3-8,11H2,1-2H3. The molecular weight excluding hydrogens is 272 g/mol. The van der Waals surface area contributed by atoms with E-state index in [0.29, 0.717) is 6.04 Å². The molecule has 2 saturated heterocycles. The molecule has 2 fully saturated rings. The summed E-state index contributed by atoms with van der Waals surface area (Å²) in [6.45, 7) is 6.78. The lowest BCUT2D eigenvalue weighted by Crippen LogP contribution is -2.36. The van der Waals surface area contributed by atoms with Crippen molar-refractivity contribution in [2.75, 3.05) is 38.2 Å². The molecule has 0 amide bonds. The minimum Gasteiger partial charge on any atom is -0.495 e. The van der Waals surface area contributed by atoms with Crippen LogP contribution in [0.1, 0.15) is 24.8 Å². The summed E-state index contributed by atoms with van der Waals surface area (Å²) in [5, 5.41) is 0.780. The van der Waals surface area contributed by atoms with Gasteiger partial charge < -0.3 is 9.64 Å². The van der Waals surface area contributed by atoms with Crippen molar-refractivity contribution in [1.82, 2.24) is 4.90 Å². The highest BCUT2D eigenvalue weighted by Gasteiger charge is 2.29. The second kappa shape index (κ2) is 5.82. The molecule has 0 N–H and O–H groups in total. The lowest BCUT2D eigenvalue weighted by molar-refractivity contribution is 0.273. The van der Waals surface area contributed by atoms with Crippen molar-refractivity contribution in [3.63, 3.8) is 0 Å². The Morgan fingerprint density at radius 3 is 2.80 bits per heavy atom. The number of aryl methyl sites for hydroxylation is 1. The van der Waals surface area contributed by atoms with Gasteiger partial charge in [0.15, 0.2) is 0 Å². The highest BCUT2D eigenvalue weighted by molar-refractivity contribution is 6.31. The summed E-state index contributed by atoms with van der Waals surface area (Å²) in [5.74, 6) is 0.895. The molecular formula is C16H23ClN2O. The van der Waals surface area contributed by atoms with Gasteiger partial charge in [-0.3, -0.25) is 4.90 Å². The zero-order valence-corrected chi connectivity index (χ0v) is 13.1. The first-order valence-electron chi connectivity index (χ1n) is 7.52. The third-order valence-electron chi connectivity index (χ3n) is 4.60. The third kappa shape index (κ3) is 2.61. The zero-order valence-electron chi connectivity index (χ0n) is 12.4. The minimum atomic E-state index is 0.707. The van der Waals surface area contributed by atoms with Crippen molar-refractivity contribution in [2.45, 2.75) is 32.2 Å². The highest BCUT2D eigenvalue weighted by atomic mass is 35.5. The minimum absolute atomic E-state index is 0.707. The van der Waals surface area contributed by atoms with E-state index in [-0.39, 0.29) is 0 Å². The maximum Gasteiger partial charge on any atom is 0.143 e. The van der Waals surface area contributed by atoms with E-state index in [2.05, 4.69) is 22.8 Å². The topological polar surface area (TPSA) is 15.7 Å². The average molecular weight is 295 g/mol. The van der Waals surface area contributed by atoms with Crippen molar-refractivity contribution >= 4 is 17.3 Å². The van der Waals surface area contributed by atoms with Gasteiger partial charge in [0.05, 0.1) is 12.8 Å². The number of methoxy groups -OCH3 is 1. The monoisotopic (exact) mass is 294 g/mol. The molecule has 0 radical (unpaired) electrons. The molecule has 0 aliphatic carbocycles. The summed E-state index contributed by atoms with van der Waals surface area (Å²) >= 11 is 6.22. The van der Waals surface area contributed by atoms with Crippen molar-refractivity contribution in [3.05, 3.63) is 22.7 Å². The average Bonchev–Trinajstić information content (AvgIpc) is 2.78. The molecule has 1 aromatic carbocycles. The molecule has 20 heavy (non-hydrogen) atoms. The van der Waals surface area contributed by atoms with Gasteiger partial charge >= 0.3 is 0 Å². The van der Waals surface area contributed by atoms with Crippen LogP contribution in [0.5, 0.6) is 5.75 Å². The maximum absolute atomic E-state index is 6.22. The van der Waals surface area contributed by atoms with E-state index in [1.54, 1.807) is 7.11 Å². The van der Waals surface area contributed by atoms with Gasteiger partial charge in [-0.1, -0.05) is 11.6 Å². The van der Waals surface area contributed by atoms with E-state index in [4.69, 9.17) is 16.3 Å². The smallest absolute Gasteiger partial charge is 0.143 e. The summed E-state index contributed by atoms with van der Waals surface area (Å²) in [4.78, 5) is 5.13. The fourth-order valence-corrected chi connectivity index (χ4v) is 3.64. The number of fused-ring (bicyclic) bond motifs is 1. The Labute approximate surface area is 126 Å². The first-order valence-corrected chi connectivity index (χ1v) is 7.90. The number of hydrogen-bond acceptors (Lipinski definition) is 3. The van der Waals surface area contributed by atoms with E-state index in [1.807, 2.05) is 6.07 Å². The van der Waals surface area contributed by atoms with Gasteiger partial charge in [0.1, 0.15) is 5.75 Å². The number of nitrogens with zero attached hydrogens (tertiary/aromatic N) is 2. The predicted octanol–water partition coefficient (Wildman–Crippen LogP) is 3.33. The molecule has 0 saturated carbocycles. The fourth-order valence-electron chi connectivity index (χ4n) is 3.48. The van der Waals surface area contributed by atoms with Crippen molar-refractivity contribution < 1.29 is 4.74 Å². The van der Waals surface area contributed by atoms with Crippen LogP contribution in [0, 0.1) is 6.92 Å². The number of anilines is 1. The number of ether oxygens (including phenoxy) is 1. The van der Waals surface area contributed by atoms with Gasteiger partial charge in [-0.25, -0.2) is 0 Å². The molecule has 2 aliphatic heterocycles. The van der Waals surface area contributed by atoms with Crippen LogP contribution in [-0.4, -0.2) is 44.2 Å². The highest BCUT2D eigenvalue weighted by Crippen LogP contribution is 2.35. The summed E-state index contributed by atoms with van der Waals surface area (Å²) < 4.78 is 5.55. The van der Waals surface area contributed by atoms with Crippen LogP contribution in [0.15, 0.2) is 12.1 Å². The molecule has 1 aromatic rings. The van der Waals surface area contributed by atoms with E-state index in [1.165, 1.54) is 38.0 Å². The third-order valence-corrected chi connectivity index (χ3v) is 5.01. The quantitative estimate of drug-likeness (QED) is 0.832. The molecule has 3 rings (SSSR count). The molecule has 1 unspecified atom stereocenters. The second-order valence-corrected chi connectivity index (χ2v) is 6.31. The first kappa shape index (κ1) is 14.0. The number of benzene rings is 1. The molecule has 110 valence electrons. The van der Waals surface area contributed by atoms with Gasteiger partial charge in [0, 0.05) is 36.8 Å². The second-order valence-electron chi connectivity index (χ2n) is 5.90. The SMILES string of the molecule is COc1cc(Cl)c(C)cc1N1CCCN2CCCC2C1. The van der Waals surface area contributed by atoms with Crippen molar-refractivity contribution in [2.24, 2.45) is 0 Å². The Morgan fingerprint density at radius 2 is 2.00 bits per heavy atom. The van der Waals surface area contributed by atoms with Gasteiger partial charge in [-0.15, -0.1) is 0 Å². The number of hydrogen-bond donors (Lipinski definition) is 0. The maximum atomic E-state index is 6.22. The fraction of sp³-hybridized carbons (Fsp3) is 0.625. The first-order chi connectivity index (χ1) is 9.69. The Kier molecular flexibility index (Phi) is 4.08. The van der Waals surface area contributed by atoms with Crippen LogP contribution in [0.4, 0.5) is 5.69 Å². The molecule has 4 heteroatoms. The van der Waals surface area contributed by atoms with E-state index >= 15 is 0 Å². The van der Waals surface area contributed by atoms with E-state index < -0.39 is 0 Å². The predicted molar refractivity (Wildman–Crippen MR) is 84.2 cm³/mol. The lowest BCUT2D eigenvalue weighted by Gasteiger charge is -2.29. The van der Waals surface area contributed by atoms with Crippen molar-refractivity contribution in [1.29, 1.82) is 0 Å². The van der Waals surface area contributed by atoms with Crippen LogP contribution in [0.3, 0.4) is 0 Å². The van der Waals surface area contributed by atoms with Crippen molar-refractivity contribution in [3.8, 4) is 5.75 Å². The Morgan fingerprint density at radius 1 is 1.20 bits per heavy atom. The number of rotatable bonds is 2. The molecule has 0 aromatic heterocycles. The molecule has 1 atom stereocenters. The summed E-state index contributed by atoms with van der Waals surface area (Å²) in [5.41, 5.74) is 2.32. The molecule has 3 nitrogen and oxygen atoms in total. The summed E-state index contributed by atoms with van der Waals surface area (Å²) in [7, 11) is 1.73. The van der Waals surface area contributed by atoms with Crippen LogP contribution in [0.25, 0.3) is 0 Å². The van der Waals surface area contributed by atoms with Crippen LogP contribution in [0.2, 0.25) is 5.02 Å². The van der Waals surface area contributed by atoms with Crippen LogP contribution in [-0.2, 0) is 0 Å². The Bertz CT molecular complexity index is 492. The summed E-state index contributed by atoms with van der Waals surface area (Å²) in [6, 6.07) is 4.83. The lowest BCUT2D eigenvalue weighted by atomic mass is 10.1. The normalized spacial score (nSPS) is 23.6. The van der Waals surface area contributed by atoms with Gasteiger partial charge in [-0.2, -0.15) is 0 Å². The Balaban J connectivity index is 1.89. The van der Waals surface area contributed by atoms with Crippen LogP contribution < -0.4 is 9.64 Å². The molecule has 2 aliphatic rings. The van der Waals surface area contributed by atoms with Crippen LogP contribution >= 0.6 is 11.6 Å². The van der Waals surface area contributed by atoms with Gasteiger partial charge in [0.2, 0.25) is 0 Å². The molecule has 2 heterocycles. The molecule has 0 spiro atoms. The van der Waals surface area contributed by atoms with E-state index in [0.717, 1.165) is 29.4 Å². The Hall–Kier alpha value is -0.930. The molecule has 0 bridgehead atoms. The van der Waals surface area contributed by atoms with Gasteiger partial charge in [-0.05, 0) is 44.4 Å². The summed E-state index contributed by atoms with van der Waals surface area (Å²) in [6.07, 6.45) is 3.89. The van der Waals surface area contributed by atoms with Gasteiger partial charge in [0.25, 0.3) is 0 Å². The van der Waals surface area contributed by atoms with E-state index in [9.17, 15) is 0 Å². The zero-order chi connectivity index (χ0) is 14.1.